The lowest BCUT2D eigenvalue weighted by Gasteiger charge is -2.11. The number of carbonyl (C=O) groups is 1. The smallest absolute Gasteiger partial charge is 0.275 e. The highest BCUT2D eigenvalue weighted by Gasteiger charge is 2.13. The molecule has 0 fully saturated rings. The number of aryl methyl sites for hydroxylation is 3. The Bertz CT molecular complexity index is 1310. The Morgan fingerprint density at radius 3 is 2.52 bits per heavy atom. The lowest BCUT2D eigenvalue weighted by Crippen LogP contribution is -2.29. The average Bonchev–Trinajstić information content (AvgIpc) is 3.17. The molecule has 2 aromatic carbocycles. The van der Waals surface area contributed by atoms with E-state index in [0.717, 1.165) is 27.3 Å². The van der Waals surface area contributed by atoms with Crippen LogP contribution in [-0.2, 0) is 11.3 Å². The molecule has 0 aliphatic heterocycles. The van der Waals surface area contributed by atoms with E-state index in [-0.39, 0.29) is 24.6 Å². The van der Waals surface area contributed by atoms with Gasteiger partial charge < -0.3 is 10.1 Å². The number of hydrogen-bond donors (Lipinski definition) is 1. The molecule has 0 saturated heterocycles. The number of nitrogens with zero attached hydrogens (tertiary/aromatic N) is 3. The number of nitrogens with one attached hydrogen (secondary N) is 1. The van der Waals surface area contributed by atoms with E-state index in [1.807, 2.05) is 63.2 Å². The van der Waals surface area contributed by atoms with E-state index in [4.69, 9.17) is 4.74 Å². The third-order valence-electron chi connectivity index (χ3n) is 4.90. The fourth-order valence-corrected chi connectivity index (χ4v) is 4.29. The summed E-state index contributed by atoms with van der Waals surface area (Å²) in [6.07, 6.45) is 0. The SMILES string of the molecule is Cc1ccccc1-c1nn2c(=O)cc(CNC(=O)COc3c(C)cccc3C)nc2s1. The molecule has 8 heteroatoms. The van der Waals surface area contributed by atoms with Crippen LogP contribution in [0, 0.1) is 20.8 Å². The highest BCUT2D eigenvalue weighted by Crippen LogP contribution is 2.27. The molecule has 0 bridgehead atoms. The van der Waals surface area contributed by atoms with Crippen LogP contribution in [0.5, 0.6) is 5.75 Å². The second kappa shape index (κ2) is 8.69. The van der Waals surface area contributed by atoms with Gasteiger partial charge in [-0.05, 0) is 37.5 Å². The molecule has 1 N–H and O–H groups in total. The second-order valence-corrected chi connectivity index (χ2v) is 8.24. The zero-order valence-corrected chi connectivity index (χ0v) is 18.3. The monoisotopic (exact) mass is 434 g/mol. The van der Waals surface area contributed by atoms with E-state index in [0.29, 0.717) is 16.4 Å². The molecule has 31 heavy (non-hydrogen) atoms. The topological polar surface area (TPSA) is 85.6 Å². The molecule has 0 atom stereocenters. The van der Waals surface area contributed by atoms with Crippen molar-refractivity contribution in [2.45, 2.75) is 27.3 Å². The number of ether oxygens (including phenoxy) is 1. The highest BCUT2D eigenvalue weighted by molar-refractivity contribution is 7.19. The molecule has 2 aromatic heterocycles. The second-order valence-electron chi connectivity index (χ2n) is 7.29. The summed E-state index contributed by atoms with van der Waals surface area (Å²) in [7, 11) is 0. The number of hydrogen-bond acceptors (Lipinski definition) is 6. The van der Waals surface area contributed by atoms with Gasteiger partial charge in [0.15, 0.2) is 6.61 Å². The largest absolute Gasteiger partial charge is 0.483 e. The summed E-state index contributed by atoms with van der Waals surface area (Å²) in [5.41, 5.74) is 4.19. The Morgan fingerprint density at radius 2 is 1.77 bits per heavy atom. The van der Waals surface area contributed by atoms with E-state index < -0.39 is 0 Å². The lowest BCUT2D eigenvalue weighted by atomic mass is 10.1. The molecule has 4 rings (SSSR count). The fourth-order valence-electron chi connectivity index (χ4n) is 3.27. The molecule has 7 nitrogen and oxygen atoms in total. The van der Waals surface area contributed by atoms with Crippen molar-refractivity contribution in [2.24, 2.45) is 0 Å². The third-order valence-corrected chi connectivity index (χ3v) is 5.84. The van der Waals surface area contributed by atoms with Crippen molar-refractivity contribution in [1.29, 1.82) is 0 Å². The zero-order valence-electron chi connectivity index (χ0n) is 17.5. The van der Waals surface area contributed by atoms with Gasteiger partial charge >= 0.3 is 0 Å². The van der Waals surface area contributed by atoms with E-state index in [1.165, 1.54) is 21.9 Å². The van der Waals surface area contributed by atoms with Crippen molar-refractivity contribution in [3.05, 3.63) is 81.3 Å². The third kappa shape index (κ3) is 4.49. The van der Waals surface area contributed by atoms with E-state index in [1.54, 1.807) is 0 Å². The quantitative estimate of drug-likeness (QED) is 0.502. The van der Waals surface area contributed by atoms with E-state index in [9.17, 15) is 9.59 Å². The van der Waals surface area contributed by atoms with Crippen LogP contribution in [0.4, 0.5) is 0 Å². The maximum absolute atomic E-state index is 12.5. The first-order valence-corrected chi connectivity index (χ1v) is 10.7. The maximum atomic E-state index is 12.5. The van der Waals surface area contributed by atoms with Gasteiger partial charge in [0, 0.05) is 11.6 Å². The first kappa shape index (κ1) is 20.7. The van der Waals surface area contributed by atoms with Crippen LogP contribution in [0.25, 0.3) is 15.5 Å². The Kier molecular flexibility index (Phi) is 5.81. The van der Waals surface area contributed by atoms with Crippen LogP contribution < -0.4 is 15.6 Å². The average molecular weight is 435 g/mol. The van der Waals surface area contributed by atoms with Crippen molar-refractivity contribution in [3.8, 4) is 16.3 Å². The van der Waals surface area contributed by atoms with Crippen molar-refractivity contribution in [3.63, 3.8) is 0 Å². The predicted octanol–water partition coefficient (Wildman–Crippen LogP) is 3.44. The van der Waals surface area contributed by atoms with Gasteiger partial charge in [-0.1, -0.05) is 53.8 Å². The van der Waals surface area contributed by atoms with Gasteiger partial charge in [-0.2, -0.15) is 9.61 Å². The summed E-state index contributed by atoms with van der Waals surface area (Å²) in [5.74, 6) is 0.429. The molecule has 0 spiro atoms. The van der Waals surface area contributed by atoms with Crippen LogP contribution in [-0.4, -0.2) is 27.1 Å². The van der Waals surface area contributed by atoms with Crippen LogP contribution in [0.3, 0.4) is 0 Å². The van der Waals surface area contributed by atoms with Crippen LogP contribution >= 0.6 is 11.3 Å². The summed E-state index contributed by atoms with van der Waals surface area (Å²) in [6.45, 7) is 5.91. The first-order chi connectivity index (χ1) is 14.9. The predicted molar refractivity (Wildman–Crippen MR) is 121 cm³/mol. The molecule has 0 saturated carbocycles. The summed E-state index contributed by atoms with van der Waals surface area (Å²) in [6, 6.07) is 15.1. The first-order valence-electron chi connectivity index (χ1n) is 9.84. The summed E-state index contributed by atoms with van der Waals surface area (Å²) in [4.78, 5) is 29.7. The summed E-state index contributed by atoms with van der Waals surface area (Å²) in [5, 5.41) is 7.90. The summed E-state index contributed by atoms with van der Waals surface area (Å²) < 4.78 is 6.96. The van der Waals surface area contributed by atoms with Crippen molar-refractivity contribution in [2.75, 3.05) is 6.61 Å². The molecule has 0 unspecified atom stereocenters. The lowest BCUT2D eigenvalue weighted by molar-refractivity contribution is -0.123. The molecular formula is C23H22N4O3S. The molecule has 158 valence electrons. The number of fused-ring (bicyclic) bond motifs is 1. The van der Waals surface area contributed by atoms with E-state index in [2.05, 4.69) is 15.4 Å². The molecule has 0 aliphatic rings. The molecule has 2 heterocycles. The molecule has 1 amide bonds. The number of carbonyl (C=O) groups excluding carboxylic acids is 1. The number of aromatic nitrogens is 3. The Balaban J connectivity index is 1.46. The van der Waals surface area contributed by atoms with Crippen molar-refractivity contribution in [1.82, 2.24) is 19.9 Å². The molecule has 4 aromatic rings. The van der Waals surface area contributed by atoms with Crippen LogP contribution in [0.1, 0.15) is 22.4 Å². The van der Waals surface area contributed by atoms with Gasteiger partial charge in [0.05, 0.1) is 12.2 Å². The van der Waals surface area contributed by atoms with Crippen molar-refractivity contribution < 1.29 is 9.53 Å². The Hall–Kier alpha value is -3.52. The summed E-state index contributed by atoms with van der Waals surface area (Å²) >= 11 is 1.34. The van der Waals surface area contributed by atoms with Crippen LogP contribution in [0.15, 0.2) is 53.3 Å². The maximum Gasteiger partial charge on any atom is 0.275 e. The fraction of sp³-hybridized carbons (Fsp3) is 0.217. The van der Waals surface area contributed by atoms with Gasteiger partial charge in [-0.3, -0.25) is 9.59 Å². The van der Waals surface area contributed by atoms with Gasteiger partial charge in [-0.25, -0.2) is 4.98 Å². The van der Waals surface area contributed by atoms with Gasteiger partial charge in [0.2, 0.25) is 4.96 Å². The normalized spacial score (nSPS) is 10.9. The Morgan fingerprint density at radius 1 is 1.06 bits per heavy atom. The standard InChI is InChI=1S/C23H22N4O3S/c1-14-7-4-5-10-18(14)22-26-27-20(29)11-17(25-23(27)31-22)12-24-19(28)13-30-21-15(2)8-6-9-16(21)3/h4-11H,12-13H2,1-3H3,(H,24,28). The Labute approximate surface area is 183 Å². The van der Waals surface area contributed by atoms with Crippen LogP contribution in [0.2, 0.25) is 0 Å². The number of amides is 1. The highest BCUT2D eigenvalue weighted by atomic mass is 32.1. The molecular weight excluding hydrogens is 412 g/mol. The van der Waals surface area contributed by atoms with Gasteiger partial charge in [0.1, 0.15) is 10.8 Å². The molecule has 0 radical (unpaired) electrons. The number of rotatable bonds is 6. The minimum Gasteiger partial charge on any atom is -0.483 e. The minimum atomic E-state index is -0.283. The van der Waals surface area contributed by atoms with Gasteiger partial charge in [0.25, 0.3) is 11.5 Å². The number of benzene rings is 2. The molecule has 0 aliphatic carbocycles. The number of para-hydroxylation sites is 1. The minimum absolute atomic E-state index is 0.106. The van der Waals surface area contributed by atoms with Crippen molar-refractivity contribution >= 4 is 22.2 Å². The van der Waals surface area contributed by atoms with E-state index >= 15 is 0 Å². The van der Waals surface area contributed by atoms with Gasteiger partial charge in [-0.15, -0.1) is 0 Å². The zero-order chi connectivity index (χ0) is 22.0.